The second kappa shape index (κ2) is 3.95. The lowest BCUT2D eigenvalue weighted by Gasteiger charge is -2.03. The monoisotopic (exact) mass is 227 g/mol. The van der Waals surface area contributed by atoms with Gasteiger partial charge in [0.2, 0.25) is 6.29 Å². The van der Waals surface area contributed by atoms with E-state index in [0.717, 1.165) is 6.29 Å². The third-order valence-electron chi connectivity index (χ3n) is 1.40. The van der Waals surface area contributed by atoms with E-state index in [0.29, 0.717) is 0 Å². The van der Waals surface area contributed by atoms with Crippen molar-refractivity contribution in [2.45, 2.75) is 4.90 Å². The van der Waals surface area contributed by atoms with E-state index >= 15 is 0 Å². The van der Waals surface area contributed by atoms with Crippen molar-refractivity contribution >= 4 is 18.4 Å². The van der Waals surface area contributed by atoms with E-state index in [1.165, 1.54) is 0 Å². The second-order valence-electron chi connectivity index (χ2n) is 2.14. The fourth-order valence-electron chi connectivity index (χ4n) is 0.775. The number of rotatable bonds is 2. The number of carbonyl (C=O) groups excluding carboxylic acids is 1. The SMILES string of the molecule is O=[C]c1c(F)c(F)c(F)c(F)c1SF. The van der Waals surface area contributed by atoms with Crippen LogP contribution in [0.3, 0.4) is 0 Å². The van der Waals surface area contributed by atoms with Crippen LogP contribution in [0.4, 0.5) is 21.4 Å². The van der Waals surface area contributed by atoms with Gasteiger partial charge in [-0.2, -0.15) is 3.89 Å². The molecule has 0 unspecified atom stereocenters. The van der Waals surface area contributed by atoms with E-state index in [4.69, 9.17) is 0 Å². The van der Waals surface area contributed by atoms with Crippen molar-refractivity contribution < 1.29 is 26.2 Å². The van der Waals surface area contributed by atoms with Crippen LogP contribution < -0.4 is 0 Å². The third kappa shape index (κ3) is 1.47. The molecular weight excluding hydrogens is 227 g/mol. The van der Waals surface area contributed by atoms with Crippen LogP contribution in [-0.2, 0) is 4.79 Å². The minimum Gasteiger partial charge on any atom is -0.285 e. The van der Waals surface area contributed by atoms with Gasteiger partial charge in [0.15, 0.2) is 23.3 Å². The highest BCUT2D eigenvalue weighted by Gasteiger charge is 2.26. The summed E-state index contributed by atoms with van der Waals surface area (Å²) in [5.74, 6) is -8.24. The molecule has 0 aliphatic carbocycles. The summed E-state index contributed by atoms with van der Waals surface area (Å²) in [6.07, 6.45) is 0.791. The van der Waals surface area contributed by atoms with Crippen LogP contribution in [0.5, 0.6) is 0 Å². The maximum atomic E-state index is 12.7. The van der Waals surface area contributed by atoms with Gasteiger partial charge in [0.25, 0.3) is 0 Å². The molecule has 1 nitrogen and oxygen atoms in total. The minimum absolute atomic E-state index is 0.791. The van der Waals surface area contributed by atoms with Gasteiger partial charge in [0.1, 0.15) is 0 Å². The van der Waals surface area contributed by atoms with Crippen molar-refractivity contribution in [3.63, 3.8) is 0 Å². The summed E-state index contributed by atoms with van der Waals surface area (Å²) in [7, 11) is 0. The first-order valence-corrected chi connectivity index (χ1v) is 3.79. The molecule has 75 valence electrons. The van der Waals surface area contributed by atoms with Gasteiger partial charge in [-0.25, -0.2) is 17.6 Å². The van der Waals surface area contributed by atoms with Crippen molar-refractivity contribution in [1.29, 1.82) is 0 Å². The average molecular weight is 227 g/mol. The molecule has 0 saturated carbocycles. The van der Waals surface area contributed by atoms with Crippen LogP contribution in [0.1, 0.15) is 5.56 Å². The van der Waals surface area contributed by atoms with E-state index in [1.807, 2.05) is 0 Å². The van der Waals surface area contributed by atoms with Gasteiger partial charge in [0, 0.05) is 0 Å². The van der Waals surface area contributed by atoms with Gasteiger partial charge < -0.3 is 0 Å². The van der Waals surface area contributed by atoms with Gasteiger partial charge in [-0.05, 0) is 0 Å². The van der Waals surface area contributed by atoms with E-state index in [9.17, 15) is 26.2 Å². The maximum Gasteiger partial charge on any atom is 0.238 e. The number of hydrogen-bond acceptors (Lipinski definition) is 2. The molecule has 0 aliphatic rings. The van der Waals surface area contributed by atoms with E-state index in [2.05, 4.69) is 0 Å². The Bertz CT molecular complexity index is 392. The fourth-order valence-corrected chi connectivity index (χ4v) is 1.14. The van der Waals surface area contributed by atoms with Crippen LogP contribution in [0, 0.1) is 23.3 Å². The zero-order chi connectivity index (χ0) is 10.9. The van der Waals surface area contributed by atoms with E-state index in [-0.39, 0.29) is 0 Å². The molecule has 0 amide bonds. The smallest absolute Gasteiger partial charge is 0.238 e. The summed E-state index contributed by atoms with van der Waals surface area (Å²) in [6.45, 7) is 0. The average Bonchev–Trinajstić information content (AvgIpc) is 2.20. The zero-order valence-electron chi connectivity index (χ0n) is 6.21. The molecular formula is C7F5OS. The molecule has 0 fully saturated rings. The van der Waals surface area contributed by atoms with Crippen LogP contribution in [0.25, 0.3) is 0 Å². The molecule has 14 heavy (non-hydrogen) atoms. The molecule has 0 spiro atoms. The highest BCUT2D eigenvalue weighted by Crippen LogP contribution is 2.31. The molecule has 1 radical (unpaired) electrons. The van der Waals surface area contributed by atoms with E-state index < -0.39 is 45.9 Å². The standard InChI is InChI=1S/C7F5OS/c8-3-2(1-13)7(14-12)6(11)5(10)4(3)9. The molecule has 0 atom stereocenters. The van der Waals surface area contributed by atoms with Crippen LogP contribution in [-0.4, -0.2) is 6.29 Å². The Hall–Kier alpha value is -1.11. The Labute approximate surface area is 79.2 Å². The summed E-state index contributed by atoms with van der Waals surface area (Å²) >= 11 is -0.901. The Kier molecular flexibility index (Phi) is 3.10. The maximum absolute atomic E-state index is 12.7. The van der Waals surface area contributed by atoms with Crippen LogP contribution in [0.2, 0.25) is 0 Å². The summed E-state index contributed by atoms with van der Waals surface area (Å²) in [5, 5.41) is 0. The lowest BCUT2D eigenvalue weighted by molar-refractivity contribution is 0.396. The van der Waals surface area contributed by atoms with Crippen molar-refractivity contribution in [3.8, 4) is 0 Å². The lowest BCUT2D eigenvalue weighted by atomic mass is 10.2. The van der Waals surface area contributed by atoms with Crippen molar-refractivity contribution in [2.24, 2.45) is 0 Å². The first-order chi connectivity index (χ1) is 6.54. The highest BCUT2D eigenvalue weighted by atomic mass is 32.2. The number of hydrogen-bond donors (Lipinski definition) is 0. The largest absolute Gasteiger partial charge is 0.285 e. The lowest BCUT2D eigenvalue weighted by Crippen LogP contribution is -2.04. The quantitative estimate of drug-likeness (QED) is 0.439. The Morgan fingerprint density at radius 3 is 1.86 bits per heavy atom. The fraction of sp³-hybridized carbons (Fsp3) is 0. The zero-order valence-corrected chi connectivity index (χ0v) is 7.02. The molecule has 1 aromatic carbocycles. The molecule has 0 heterocycles. The van der Waals surface area contributed by atoms with E-state index in [1.54, 1.807) is 0 Å². The van der Waals surface area contributed by atoms with Crippen molar-refractivity contribution in [2.75, 3.05) is 0 Å². The molecule has 0 aromatic heterocycles. The van der Waals surface area contributed by atoms with Gasteiger partial charge in [-0.3, -0.25) is 4.79 Å². The van der Waals surface area contributed by atoms with Gasteiger partial charge in [-0.15, -0.1) is 0 Å². The van der Waals surface area contributed by atoms with Crippen LogP contribution >= 0.6 is 12.1 Å². The molecule has 0 aliphatic heterocycles. The second-order valence-corrected chi connectivity index (χ2v) is 2.70. The predicted molar refractivity (Wildman–Crippen MR) is 38.0 cm³/mol. The van der Waals surface area contributed by atoms with Crippen molar-refractivity contribution in [1.82, 2.24) is 0 Å². The summed E-state index contributed by atoms with van der Waals surface area (Å²) in [4.78, 5) is 8.77. The van der Waals surface area contributed by atoms with Gasteiger partial charge in [0.05, 0.1) is 22.6 Å². The summed E-state index contributed by atoms with van der Waals surface area (Å²) in [5.41, 5.74) is -1.30. The first kappa shape index (κ1) is 11.0. The Morgan fingerprint density at radius 1 is 0.929 bits per heavy atom. The van der Waals surface area contributed by atoms with Crippen molar-refractivity contribution in [3.05, 3.63) is 28.8 Å². The van der Waals surface area contributed by atoms with Crippen LogP contribution in [0.15, 0.2) is 4.90 Å². The molecule has 1 rings (SSSR count). The Morgan fingerprint density at radius 2 is 1.43 bits per heavy atom. The summed E-state index contributed by atoms with van der Waals surface area (Å²) < 4.78 is 62.2. The summed E-state index contributed by atoms with van der Waals surface area (Å²) in [6, 6.07) is 0. The molecule has 7 heteroatoms. The first-order valence-electron chi connectivity index (χ1n) is 3.07. The normalized spacial score (nSPS) is 10.4. The van der Waals surface area contributed by atoms with Gasteiger partial charge in [-0.1, -0.05) is 0 Å². The Balaban J connectivity index is 3.65. The third-order valence-corrected chi connectivity index (χ3v) is 1.94. The highest BCUT2D eigenvalue weighted by molar-refractivity contribution is 7.94. The molecule has 0 bridgehead atoms. The molecule has 0 saturated heterocycles. The number of benzene rings is 1. The molecule has 0 N–H and O–H groups in total. The number of halogens is 5. The minimum atomic E-state index is -2.17. The predicted octanol–water partition coefficient (Wildman–Crippen LogP) is 2.68. The topological polar surface area (TPSA) is 17.1 Å². The van der Waals surface area contributed by atoms with Gasteiger partial charge >= 0.3 is 0 Å². The molecule has 1 aromatic rings.